The quantitative estimate of drug-likeness (QED) is 0.551. The monoisotopic (exact) mass is 470 g/mol. The zero-order valence-electron chi connectivity index (χ0n) is 17.8. The highest BCUT2D eigenvalue weighted by atomic mass is 35.5. The van der Waals surface area contributed by atoms with Crippen molar-refractivity contribution in [3.63, 3.8) is 0 Å². The molecule has 2 aromatic rings. The summed E-state index contributed by atoms with van der Waals surface area (Å²) in [7, 11) is 3.13. The number of amidine groups is 1. The lowest BCUT2D eigenvalue weighted by molar-refractivity contribution is -0.119. The summed E-state index contributed by atoms with van der Waals surface area (Å²) in [5.74, 6) is 1.13. The molecule has 8 heteroatoms. The summed E-state index contributed by atoms with van der Waals surface area (Å²) in [6, 6.07) is 12.5. The van der Waals surface area contributed by atoms with E-state index >= 15 is 0 Å². The van der Waals surface area contributed by atoms with Crippen LogP contribution < -0.4 is 14.4 Å². The molecule has 2 aromatic carbocycles. The Morgan fingerprint density at radius 2 is 1.88 bits per heavy atom. The molecule has 0 aromatic heterocycles. The van der Waals surface area contributed by atoms with Gasteiger partial charge in [-0.3, -0.25) is 14.5 Å². The van der Waals surface area contributed by atoms with Crippen molar-refractivity contribution in [1.82, 2.24) is 0 Å². The Bertz CT molecular complexity index is 1100. The molecular formula is C24H23ClN2O4S. The average molecular weight is 471 g/mol. The molecule has 1 atom stereocenters. The molecule has 0 radical (unpaired) electrons. The molecule has 1 heterocycles. The summed E-state index contributed by atoms with van der Waals surface area (Å²) in [5.41, 5.74) is 1.71. The molecule has 32 heavy (non-hydrogen) atoms. The lowest BCUT2D eigenvalue weighted by atomic mass is 9.99. The van der Waals surface area contributed by atoms with E-state index in [-0.39, 0.29) is 16.9 Å². The summed E-state index contributed by atoms with van der Waals surface area (Å²) in [6.45, 7) is 0. The third-order valence-electron chi connectivity index (χ3n) is 5.39. The van der Waals surface area contributed by atoms with Gasteiger partial charge in [-0.1, -0.05) is 41.9 Å². The van der Waals surface area contributed by atoms with E-state index in [1.165, 1.54) is 23.8 Å². The highest BCUT2D eigenvalue weighted by Crippen LogP contribution is 2.37. The van der Waals surface area contributed by atoms with E-state index in [2.05, 4.69) is 4.99 Å². The average Bonchev–Trinajstić information content (AvgIpc) is 3.11. The second kappa shape index (κ2) is 9.79. The molecule has 2 aliphatic rings. The van der Waals surface area contributed by atoms with Gasteiger partial charge in [0.05, 0.1) is 30.2 Å². The number of halogens is 1. The number of Topliss-reactive ketones (excluding diaryl/α,β-unsaturated/α-hetero) is 1. The van der Waals surface area contributed by atoms with Gasteiger partial charge in [0, 0.05) is 12.5 Å². The van der Waals surface area contributed by atoms with Crippen molar-refractivity contribution in [3.8, 4) is 11.5 Å². The fourth-order valence-electron chi connectivity index (χ4n) is 3.65. The van der Waals surface area contributed by atoms with Gasteiger partial charge in [-0.15, -0.1) is 0 Å². The first-order valence-corrected chi connectivity index (χ1v) is 11.6. The fraction of sp³-hybridized carbons (Fsp3) is 0.292. The normalized spacial score (nSPS) is 20.0. The summed E-state index contributed by atoms with van der Waals surface area (Å²) < 4.78 is 10.5. The van der Waals surface area contributed by atoms with Crippen molar-refractivity contribution in [1.29, 1.82) is 0 Å². The van der Waals surface area contributed by atoms with Gasteiger partial charge in [-0.25, -0.2) is 4.99 Å². The lowest BCUT2D eigenvalue weighted by Crippen LogP contribution is -2.33. The highest BCUT2D eigenvalue weighted by molar-refractivity contribution is 8.15. The smallest absolute Gasteiger partial charge is 0.283 e. The Labute approximate surface area is 196 Å². The summed E-state index contributed by atoms with van der Waals surface area (Å²) in [6.07, 6.45) is 5.00. The van der Waals surface area contributed by atoms with Crippen LogP contribution in [0, 0.1) is 0 Å². The maximum absolute atomic E-state index is 13.4. The zero-order valence-corrected chi connectivity index (χ0v) is 19.4. The maximum Gasteiger partial charge on any atom is 0.283 e. The van der Waals surface area contributed by atoms with Crippen molar-refractivity contribution < 1.29 is 19.1 Å². The lowest BCUT2D eigenvalue weighted by Gasteiger charge is -2.24. The zero-order chi connectivity index (χ0) is 22.7. The fourth-order valence-corrected chi connectivity index (χ4v) is 5.08. The van der Waals surface area contributed by atoms with Crippen LogP contribution in [0.25, 0.3) is 6.08 Å². The van der Waals surface area contributed by atoms with Gasteiger partial charge in [0.2, 0.25) is 0 Å². The summed E-state index contributed by atoms with van der Waals surface area (Å²) >= 11 is 7.53. The molecule has 1 fully saturated rings. The topological polar surface area (TPSA) is 68.2 Å². The molecule has 1 unspecified atom stereocenters. The predicted octanol–water partition coefficient (Wildman–Crippen LogP) is 5.35. The largest absolute Gasteiger partial charge is 0.497 e. The van der Waals surface area contributed by atoms with Crippen LogP contribution in [0.5, 0.6) is 11.5 Å². The number of thioether (sulfide) groups is 1. The van der Waals surface area contributed by atoms with Crippen LogP contribution in [0.2, 0.25) is 5.02 Å². The first-order chi connectivity index (χ1) is 15.5. The number of benzene rings is 2. The SMILES string of the molecule is COc1ccc(/C=C2\N=C(SC3CCCCC3=O)N(c3ccc(Cl)c(OC)c3)C2=O)cc1. The molecule has 4 rings (SSSR count). The minimum Gasteiger partial charge on any atom is -0.497 e. The van der Waals surface area contributed by atoms with Crippen molar-refractivity contribution in [2.75, 3.05) is 19.1 Å². The van der Waals surface area contributed by atoms with Crippen molar-refractivity contribution >= 4 is 52.0 Å². The van der Waals surface area contributed by atoms with Crippen LogP contribution >= 0.6 is 23.4 Å². The van der Waals surface area contributed by atoms with E-state index in [1.54, 1.807) is 31.4 Å². The van der Waals surface area contributed by atoms with Gasteiger partial charge in [-0.2, -0.15) is 0 Å². The predicted molar refractivity (Wildman–Crippen MR) is 129 cm³/mol. The molecular weight excluding hydrogens is 448 g/mol. The van der Waals surface area contributed by atoms with Crippen molar-refractivity contribution in [2.24, 2.45) is 4.99 Å². The van der Waals surface area contributed by atoms with E-state index in [1.807, 2.05) is 24.3 Å². The number of rotatable bonds is 5. The number of carbonyl (C=O) groups is 2. The number of hydrogen-bond donors (Lipinski definition) is 0. The van der Waals surface area contributed by atoms with Gasteiger partial charge in [-0.05, 0) is 48.7 Å². The van der Waals surface area contributed by atoms with Gasteiger partial charge < -0.3 is 9.47 Å². The van der Waals surface area contributed by atoms with Gasteiger partial charge in [0.1, 0.15) is 23.0 Å². The second-order valence-electron chi connectivity index (χ2n) is 7.48. The Morgan fingerprint density at radius 3 is 2.56 bits per heavy atom. The second-order valence-corrected chi connectivity index (χ2v) is 9.05. The molecule has 0 N–H and O–H groups in total. The molecule has 1 aliphatic carbocycles. The van der Waals surface area contributed by atoms with Crippen LogP contribution in [-0.2, 0) is 9.59 Å². The Kier molecular flexibility index (Phi) is 6.86. The van der Waals surface area contributed by atoms with E-state index in [0.717, 1.165) is 30.6 Å². The standard InChI is InChI=1S/C24H23ClN2O4S/c1-30-17-10-7-15(8-11-17)13-19-23(29)27(16-9-12-18(25)21(14-16)31-2)24(26-19)32-22-6-4-3-5-20(22)28/h7-14,22H,3-6H2,1-2H3/b19-13-. The molecule has 1 saturated carbocycles. The number of hydrogen-bond acceptors (Lipinski definition) is 6. The van der Waals surface area contributed by atoms with Crippen LogP contribution in [0.3, 0.4) is 0 Å². The van der Waals surface area contributed by atoms with Crippen LogP contribution in [0.4, 0.5) is 5.69 Å². The molecule has 1 amide bonds. The molecule has 0 saturated heterocycles. The van der Waals surface area contributed by atoms with E-state index < -0.39 is 0 Å². The van der Waals surface area contributed by atoms with Crippen LogP contribution in [0.1, 0.15) is 31.2 Å². The number of carbonyl (C=O) groups excluding carboxylic acids is 2. The number of aliphatic imine (C=N–C) groups is 1. The molecule has 166 valence electrons. The van der Waals surface area contributed by atoms with Crippen LogP contribution in [0.15, 0.2) is 53.2 Å². The molecule has 1 aliphatic heterocycles. The van der Waals surface area contributed by atoms with Gasteiger partial charge >= 0.3 is 0 Å². The minimum atomic E-state index is -0.268. The molecule has 0 bridgehead atoms. The van der Waals surface area contributed by atoms with Gasteiger partial charge in [0.15, 0.2) is 5.17 Å². The highest BCUT2D eigenvalue weighted by Gasteiger charge is 2.36. The first-order valence-electron chi connectivity index (χ1n) is 10.3. The number of anilines is 1. The van der Waals surface area contributed by atoms with E-state index in [0.29, 0.717) is 33.7 Å². The number of ether oxygens (including phenoxy) is 2. The van der Waals surface area contributed by atoms with Gasteiger partial charge in [0.25, 0.3) is 5.91 Å². The number of amides is 1. The minimum absolute atomic E-state index is 0.202. The Morgan fingerprint density at radius 1 is 1.09 bits per heavy atom. The van der Waals surface area contributed by atoms with E-state index in [4.69, 9.17) is 21.1 Å². The van der Waals surface area contributed by atoms with E-state index in [9.17, 15) is 9.59 Å². The number of ketones is 1. The van der Waals surface area contributed by atoms with Crippen molar-refractivity contribution in [3.05, 3.63) is 58.7 Å². The first kappa shape index (κ1) is 22.4. The number of methoxy groups -OCH3 is 2. The van der Waals surface area contributed by atoms with Crippen molar-refractivity contribution in [2.45, 2.75) is 30.9 Å². The third-order valence-corrected chi connectivity index (χ3v) is 6.97. The number of nitrogens with zero attached hydrogens (tertiary/aromatic N) is 2. The molecule has 6 nitrogen and oxygen atoms in total. The maximum atomic E-state index is 13.4. The van der Waals surface area contributed by atoms with Crippen LogP contribution in [-0.4, -0.2) is 36.3 Å². The Hall–Kier alpha value is -2.77. The summed E-state index contributed by atoms with van der Waals surface area (Å²) in [4.78, 5) is 32.0. The Balaban J connectivity index is 1.71. The summed E-state index contributed by atoms with van der Waals surface area (Å²) in [5, 5.41) is 0.734. The third kappa shape index (κ3) is 4.69. The molecule has 0 spiro atoms.